The molecule has 150 valence electrons. The van der Waals surface area contributed by atoms with Crippen molar-refractivity contribution in [1.29, 1.82) is 0 Å². The molecule has 1 amide bonds. The van der Waals surface area contributed by atoms with Crippen LogP contribution in [0.3, 0.4) is 0 Å². The van der Waals surface area contributed by atoms with E-state index in [0.717, 1.165) is 57.4 Å². The van der Waals surface area contributed by atoms with E-state index in [-0.39, 0.29) is 5.92 Å². The maximum atomic E-state index is 12.8. The predicted molar refractivity (Wildman–Crippen MR) is 108 cm³/mol. The van der Waals surface area contributed by atoms with Gasteiger partial charge in [-0.25, -0.2) is 0 Å². The third-order valence-corrected chi connectivity index (χ3v) is 5.99. The van der Waals surface area contributed by atoms with Crippen molar-refractivity contribution in [3.63, 3.8) is 0 Å². The fourth-order valence-electron chi connectivity index (χ4n) is 4.22. The molecule has 6 heteroatoms. The third-order valence-electron chi connectivity index (χ3n) is 5.99. The Bertz CT molecular complexity index is 770. The smallest absolute Gasteiger partial charge is 0.241 e. The number of nitrogens with zero attached hydrogens (tertiary/aromatic N) is 4. The molecule has 2 fully saturated rings. The predicted octanol–water partition coefficient (Wildman–Crippen LogP) is 3.66. The van der Waals surface area contributed by atoms with Crippen LogP contribution in [0.25, 0.3) is 11.4 Å². The Hall–Kier alpha value is -2.21. The summed E-state index contributed by atoms with van der Waals surface area (Å²) in [5, 5.41) is 4.12. The third kappa shape index (κ3) is 4.61. The van der Waals surface area contributed by atoms with E-state index in [1.165, 1.54) is 18.4 Å². The second-order valence-electron chi connectivity index (χ2n) is 8.17. The van der Waals surface area contributed by atoms with Gasteiger partial charge in [0.05, 0.1) is 6.54 Å². The van der Waals surface area contributed by atoms with Crippen molar-refractivity contribution in [3.8, 4) is 11.4 Å². The van der Waals surface area contributed by atoms with Crippen molar-refractivity contribution in [2.75, 3.05) is 26.2 Å². The summed E-state index contributed by atoms with van der Waals surface area (Å²) in [7, 11) is 0. The molecule has 0 N–H and O–H groups in total. The number of rotatable bonds is 4. The molecule has 4 rings (SSSR count). The second kappa shape index (κ2) is 8.86. The van der Waals surface area contributed by atoms with E-state index in [1.54, 1.807) is 0 Å². The van der Waals surface area contributed by atoms with Gasteiger partial charge in [-0.2, -0.15) is 4.98 Å². The minimum Gasteiger partial charge on any atom is -0.342 e. The van der Waals surface area contributed by atoms with E-state index in [4.69, 9.17) is 4.52 Å². The number of benzene rings is 1. The normalized spacial score (nSPS) is 19.5. The zero-order valence-electron chi connectivity index (χ0n) is 16.8. The van der Waals surface area contributed by atoms with Crippen LogP contribution in [0.2, 0.25) is 0 Å². The average molecular weight is 383 g/mol. The number of aromatic nitrogens is 2. The topological polar surface area (TPSA) is 62.5 Å². The van der Waals surface area contributed by atoms with Gasteiger partial charge in [0, 0.05) is 24.6 Å². The van der Waals surface area contributed by atoms with E-state index < -0.39 is 0 Å². The first-order chi connectivity index (χ1) is 13.7. The number of carbonyl (C=O) groups excluding carboxylic acids is 1. The first-order valence-corrected chi connectivity index (χ1v) is 10.6. The summed E-state index contributed by atoms with van der Waals surface area (Å²) < 4.78 is 5.46. The van der Waals surface area contributed by atoms with Crippen molar-refractivity contribution in [2.24, 2.45) is 5.92 Å². The van der Waals surface area contributed by atoms with Crippen LogP contribution in [0.5, 0.6) is 0 Å². The van der Waals surface area contributed by atoms with E-state index in [2.05, 4.69) is 39.0 Å². The van der Waals surface area contributed by atoms with Crippen LogP contribution in [-0.2, 0) is 11.3 Å². The zero-order valence-corrected chi connectivity index (χ0v) is 16.8. The Morgan fingerprint density at radius 1 is 1.04 bits per heavy atom. The molecule has 0 saturated carbocycles. The highest BCUT2D eigenvalue weighted by atomic mass is 16.5. The molecule has 28 heavy (non-hydrogen) atoms. The Balaban J connectivity index is 1.28. The maximum Gasteiger partial charge on any atom is 0.241 e. The van der Waals surface area contributed by atoms with Crippen molar-refractivity contribution in [2.45, 2.75) is 52.0 Å². The summed E-state index contributed by atoms with van der Waals surface area (Å²) >= 11 is 0. The highest BCUT2D eigenvalue weighted by Crippen LogP contribution is 2.23. The molecule has 2 aliphatic rings. The van der Waals surface area contributed by atoms with E-state index in [1.807, 2.05) is 12.1 Å². The van der Waals surface area contributed by atoms with Gasteiger partial charge in [-0.3, -0.25) is 9.69 Å². The number of carbonyl (C=O) groups is 1. The van der Waals surface area contributed by atoms with Crippen LogP contribution < -0.4 is 0 Å². The van der Waals surface area contributed by atoms with Gasteiger partial charge < -0.3 is 9.42 Å². The van der Waals surface area contributed by atoms with Crippen LogP contribution in [0.15, 0.2) is 28.8 Å². The molecule has 0 atom stereocenters. The first-order valence-electron chi connectivity index (χ1n) is 10.6. The molecule has 0 spiro atoms. The molecule has 2 aliphatic heterocycles. The lowest BCUT2D eigenvalue weighted by Gasteiger charge is -2.33. The number of aryl methyl sites for hydroxylation is 1. The van der Waals surface area contributed by atoms with Gasteiger partial charge in [-0.05, 0) is 45.7 Å². The van der Waals surface area contributed by atoms with Gasteiger partial charge in [0.2, 0.25) is 17.6 Å². The van der Waals surface area contributed by atoms with Crippen LogP contribution in [0.4, 0.5) is 0 Å². The first kappa shape index (κ1) is 19.1. The molecular weight excluding hydrogens is 352 g/mol. The van der Waals surface area contributed by atoms with E-state index in [0.29, 0.717) is 24.2 Å². The molecule has 2 saturated heterocycles. The Morgan fingerprint density at radius 2 is 1.71 bits per heavy atom. The Labute approximate surface area is 166 Å². The van der Waals surface area contributed by atoms with Crippen LogP contribution in [0.1, 0.15) is 50.0 Å². The molecule has 0 aliphatic carbocycles. The van der Waals surface area contributed by atoms with Crippen molar-refractivity contribution < 1.29 is 9.32 Å². The molecule has 1 aromatic carbocycles. The maximum absolute atomic E-state index is 12.8. The highest BCUT2D eigenvalue weighted by molar-refractivity contribution is 5.79. The summed E-state index contributed by atoms with van der Waals surface area (Å²) in [6, 6.07) is 8.14. The summed E-state index contributed by atoms with van der Waals surface area (Å²) in [6.07, 6.45) is 6.69. The number of amides is 1. The molecule has 0 unspecified atom stereocenters. The fraction of sp³-hybridized carbons (Fsp3) is 0.591. The summed E-state index contributed by atoms with van der Waals surface area (Å²) in [5.74, 6) is 1.84. The second-order valence-corrected chi connectivity index (χ2v) is 8.17. The summed E-state index contributed by atoms with van der Waals surface area (Å²) in [5.41, 5.74) is 2.19. The SMILES string of the molecule is Cc1ccc(-c2noc(CN3CCC(C(=O)N4CCCCCC4)CC3)n2)cc1. The lowest BCUT2D eigenvalue weighted by Crippen LogP contribution is -2.42. The zero-order chi connectivity index (χ0) is 19.3. The van der Waals surface area contributed by atoms with E-state index >= 15 is 0 Å². The molecule has 0 bridgehead atoms. The Kier molecular flexibility index (Phi) is 6.05. The summed E-state index contributed by atoms with van der Waals surface area (Å²) in [6.45, 7) is 6.43. The van der Waals surface area contributed by atoms with E-state index in [9.17, 15) is 4.79 Å². The molecule has 2 aromatic rings. The quantitative estimate of drug-likeness (QED) is 0.807. The van der Waals surface area contributed by atoms with Gasteiger partial charge in [-0.1, -0.05) is 47.8 Å². The number of piperidine rings is 1. The fourth-order valence-corrected chi connectivity index (χ4v) is 4.22. The minimum atomic E-state index is 0.181. The lowest BCUT2D eigenvalue weighted by atomic mass is 9.95. The van der Waals surface area contributed by atoms with Gasteiger partial charge >= 0.3 is 0 Å². The van der Waals surface area contributed by atoms with Gasteiger partial charge in [0.15, 0.2) is 0 Å². The molecule has 6 nitrogen and oxygen atoms in total. The number of hydrogen-bond donors (Lipinski definition) is 0. The number of hydrogen-bond acceptors (Lipinski definition) is 5. The largest absolute Gasteiger partial charge is 0.342 e. The Morgan fingerprint density at radius 3 is 2.39 bits per heavy atom. The lowest BCUT2D eigenvalue weighted by molar-refractivity contribution is -0.137. The average Bonchev–Trinajstić information content (AvgIpc) is 3.01. The molecule has 3 heterocycles. The molecule has 0 radical (unpaired) electrons. The van der Waals surface area contributed by atoms with Crippen molar-refractivity contribution >= 4 is 5.91 Å². The summed E-state index contributed by atoms with van der Waals surface area (Å²) in [4.78, 5) is 21.8. The van der Waals surface area contributed by atoms with Gasteiger partial charge in [0.25, 0.3) is 0 Å². The van der Waals surface area contributed by atoms with Crippen LogP contribution in [0, 0.1) is 12.8 Å². The standard InChI is InChI=1S/C22H30N4O2/c1-17-6-8-18(9-7-17)21-23-20(28-24-21)16-25-14-10-19(11-15-25)22(27)26-12-4-2-3-5-13-26/h6-9,19H,2-5,10-16H2,1H3. The van der Waals surface area contributed by atoms with Crippen LogP contribution >= 0.6 is 0 Å². The molecule has 1 aromatic heterocycles. The van der Waals surface area contributed by atoms with Crippen molar-refractivity contribution in [3.05, 3.63) is 35.7 Å². The number of likely N-dealkylation sites (tertiary alicyclic amines) is 2. The minimum absolute atomic E-state index is 0.181. The van der Waals surface area contributed by atoms with Gasteiger partial charge in [0.1, 0.15) is 0 Å². The highest BCUT2D eigenvalue weighted by Gasteiger charge is 2.29. The van der Waals surface area contributed by atoms with Gasteiger partial charge in [-0.15, -0.1) is 0 Å². The monoisotopic (exact) mass is 382 g/mol. The molecular formula is C22H30N4O2. The van der Waals surface area contributed by atoms with Crippen LogP contribution in [-0.4, -0.2) is 52.0 Å². The van der Waals surface area contributed by atoms with Crippen molar-refractivity contribution in [1.82, 2.24) is 19.9 Å².